The highest BCUT2D eigenvalue weighted by atomic mass is 16.5. The molecule has 0 saturated carbocycles. The number of tetrazole rings is 1. The highest BCUT2D eigenvalue weighted by Crippen LogP contribution is 2.13. The second-order valence-corrected chi connectivity index (χ2v) is 1.90. The molecular weight excluding hydrogens is 148 g/mol. The zero-order chi connectivity index (χ0) is 8.10. The molecule has 60 valence electrons. The standard InChI is InChI=1S/C5H8N4O2/c1-2-4(11-3-10)5-6-8-9-7-5/h3-4H,2H2,1H3,(H,6,7,8,9). The molecule has 0 aliphatic heterocycles. The van der Waals surface area contributed by atoms with E-state index in [1.165, 1.54) is 0 Å². The van der Waals surface area contributed by atoms with Crippen molar-refractivity contribution in [3.05, 3.63) is 5.82 Å². The zero-order valence-corrected chi connectivity index (χ0v) is 6.02. The smallest absolute Gasteiger partial charge is 0.293 e. The highest BCUT2D eigenvalue weighted by Gasteiger charge is 2.13. The van der Waals surface area contributed by atoms with Crippen molar-refractivity contribution in [2.24, 2.45) is 0 Å². The number of hydrogen-bond acceptors (Lipinski definition) is 5. The molecule has 0 aliphatic rings. The van der Waals surface area contributed by atoms with E-state index in [-0.39, 0.29) is 6.10 Å². The van der Waals surface area contributed by atoms with Crippen molar-refractivity contribution in [2.45, 2.75) is 19.4 Å². The molecule has 1 rings (SSSR count). The Balaban J connectivity index is 2.62. The molecule has 0 bridgehead atoms. The van der Waals surface area contributed by atoms with Crippen molar-refractivity contribution in [3.8, 4) is 0 Å². The van der Waals surface area contributed by atoms with Gasteiger partial charge in [0.1, 0.15) is 0 Å². The van der Waals surface area contributed by atoms with Crippen LogP contribution in [0.2, 0.25) is 0 Å². The second-order valence-electron chi connectivity index (χ2n) is 1.90. The third-order valence-electron chi connectivity index (χ3n) is 1.24. The average Bonchev–Trinajstić information content (AvgIpc) is 2.52. The molecule has 1 aromatic rings. The predicted molar refractivity (Wildman–Crippen MR) is 34.4 cm³/mol. The third kappa shape index (κ3) is 1.73. The number of carbonyl (C=O) groups is 1. The molecular formula is C5H8N4O2. The Morgan fingerprint density at radius 2 is 2.64 bits per heavy atom. The molecule has 1 aromatic heterocycles. The molecule has 1 atom stereocenters. The monoisotopic (exact) mass is 156 g/mol. The van der Waals surface area contributed by atoms with Crippen LogP contribution in [0, 0.1) is 0 Å². The summed E-state index contributed by atoms with van der Waals surface area (Å²) in [6.45, 7) is 2.25. The van der Waals surface area contributed by atoms with Crippen LogP contribution in [0.1, 0.15) is 25.3 Å². The van der Waals surface area contributed by atoms with Gasteiger partial charge in [-0.1, -0.05) is 12.1 Å². The van der Waals surface area contributed by atoms with E-state index in [0.29, 0.717) is 18.7 Å². The lowest BCUT2D eigenvalue weighted by Crippen LogP contribution is -2.03. The summed E-state index contributed by atoms with van der Waals surface area (Å²) >= 11 is 0. The minimum atomic E-state index is -0.383. The van der Waals surface area contributed by atoms with Gasteiger partial charge in [-0.2, -0.15) is 5.21 Å². The lowest BCUT2D eigenvalue weighted by atomic mass is 10.3. The van der Waals surface area contributed by atoms with Crippen molar-refractivity contribution in [3.63, 3.8) is 0 Å². The van der Waals surface area contributed by atoms with E-state index in [1.807, 2.05) is 6.92 Å². The number of aromatic nitrogens is 4. The topological polar surface area (TPSA) is 80.8 Å². The summed E-state index contributed by atoms with van der Waals surface area (Å²) in [5.74, 6) is 0.402. The number of hydrogen-bond donors (Lipinski definition) is 1. The first-order valence-electron chi connectivity index (χ1n) is 3.21. The summed E-state index contributed by atoms with van der Waals surface area (Å²) in [5, 5.41) is 13.0. The second kappa shape index (κ2) is 3.65. The highest BCUT2D eigenvalue weighted by molar-refractivity contribution is 5.37. The molecule has 0 aliphatic carbocycles. The van der Waals surface area contributed by atoms with Crippen molar-refractivity contribution in [1.82, 2.24) is 20.6 Å². The van der Waals surface area contributed by atoms with Crippen molar-refractivity contribution in [2.75, 3.05) is 0 Å². The number of carbonyl (C=O) groups excluding carboxylic acids is 1. The van der Waals surface area contributed by atoms with Gasteiger partial charge in [-0.3, -0.25) is 4.79 Å². The molecule has 0 fully saturated rings. The van der Waals surface area contributed by atoms with Crippen LogP contribution in [0.5, 0.6) is 0 Å². The minimum absolute atomic E-state index is 0.379. The Morgan fingerprint density at radius 3 is 3.09 bits per heavy atom. The Kier molecular flexibility index (Phi) is 2.53. The number of aromatic amines is 1. The summed E-state index contributed by atoms with van der Waals surface area (Å²) < 4.78 is 4.67. The van der Waals surface area contributed by atoms with Gasteiger partial charge >= 0.3 is 0 Å². The molecule has 0 amide bonds. The van der Waals surface area contributed by atoms with E-state index in [1.54, 1.807) is 0 Å². The molecule has 6 heteroatoms. The Morgan fingerprint density at radius 1 is 1.82 bits per heavy atom. The van der Waals surface area contributed by atoms with Gasteiger partial charge in [0.15, 0.2) is 6.10 Å². The van der Waals surface area contributed by atoms with E-state index >= 15 is 0 Å². The number of ether oxygens (including phenoxy) is 1. The largest absolute Gasteiger partial charge is 0.456 e. The van der Waals surface area contributed by atoms with Crippen molar-refractivity contribution >= 4 is 6.47 Å². The van der Waals surface area contributed by atoms with Gasteiger partial charge in [-0.15, -0.1) is 10.2 Å². The van der Waals surface area contributed by atoms with Crippen molar-refractivity contribution in [1.29, 1.82) is 0 Å². The van der Waals surface area contributed by atoms with Gasteiger partial charge in [-0.05, 0) is 6.42 Å². The van der Waals surface area contributed by atoms with E-state index in [0.717, 1.165) is 0 Å². The first-order chi connectivity index (χ1) is 5.38. The molecule has 1 N–H and O–H groups in total. The molecule has 1 heterocycles. The summed E-state index contributed by atoms with van der Waals surface area (Å²) in [4.78, 5) is 9.96. The number of rotatable bonds is 4. The predicted octanol–water partition coefficient (Wildman–Crippen LogP) is -0.176. The van der Waals surface area contributed by atoms with Gasteiger partial charge in [0.25, 0.3) is 6.47 Å². The maximum atomic E-state index is 9.96. The van der Waals surface area contributed by atoms with Crippen LogP contribution in [-0.2, 0) is 9.53 Å². The van der Waals surface area contributed by atoms with Crippen LogP contribution in [0.3, 0.4) is 0 Å². The zero-order valence-electron chi connectivity index (χ0n) is 6.02. The number of nitrogens with zero attached hydrogens (tertiary/aromatic N) is 3. The van der Waals surface area contributed by atoms with E-state index in [9.17, 15) is 4.79 Å². The molecule has 6 nitrogen and oxygen atoms in total. The van der Waals surface area contributed by atoms with Gasteiger partial charge < -0.3 is 4.74 Å². The fourth-order valence-electron chi connectivity index (χ4n) is 0.713. The first-order valence-corrected chi connectivity index (χ1v) is 3.21. The summed E-state index contributed by atoms with van der Waals surface area (Å²) in [6.07, 6.45) is 0.254. The van der Waals surface area contributed by atoms with Crippen LogP contribution in [0.4, 0.5) is 0 Å². The fourth-order valence-corrected chi connectivity index (χ4v) is 0.713. The van der Waals surface area contributed by atoms with Gasteiger partial charge in [0, 0.05) is 0 Å². The van der Waals surface area contributed by atoms with Crippen molar-refractivity contribution < 1.29 is 9.53 Å². The fraction of sp³-hybridized carbons (Fsp3) is 0.600. The maximum absolute atomic E-state index is 9.96. The molecule has 1 unspecified atom stereocenters. The quantitative estimate of drug-likeness (QED) is 0.612. The van der Waals surface area contributed by atoms with E-state index in [2.05, 4.69) is 25.4 Å². The number of H-pyrrole nitrogens is 1. The maximum Gasteiger partial charge on any atom is 0.293 e. The molecule has 0 radical (unpaired) electrons. The van der Waals surface area contributed by atoms with Gasteiger partial charge in [0.2, 0.25) is 5.82 Å². The Bertz CT molecular complexity index is 210. The van der Waals surface area contributed by atoms with E-state index < -0.39 is 0 Å². The van der Waals surface area contributed by atoms with Gasteiger partial charge in [0.05, 0.1) is 0 Å². The summed E-state index contributed by atoms with van der Waals surface area (Å²) in [5.41, 5.74) is 0. The Labute approximate surface area is 62.9 Å². The number of nitrogens with one attached hydrogen (secondary N) is 1. The normalized spacial score (nSPS) is 12.5. The lowest BCUT2D eigenvalue weighted by Gasteiger charge is -2.05. The van der Waals surface area contributed by atoms with Crippen LogP contribution in [0.15, 0.2) is 0 Å². The Hall–Kier alpha value is -1.46. The summed E-state index contributed by atoms with van der Waals surface area (Å²) in [6, 6.07) is 0. The molecule has 0 saturated heterocycles. The van der Waals surface area contributed by atoms with E-state index in [4.69, 9.17) is 0 Å². The van der Waals surface area contributed by atoms with Crippen LogP contribution in [-0.4, -0.2) is 27.1 Å². The molecule has 0 aromatic carbocycles. The third-order valence-corrected chi connectivity index (χ3v) is 1.24. The minimum Gasteiger partial charge on any atom is -0.456 e. The van der Waals surface area contributed by atoms with Crippen LogP contribution in [0.25, 0.3) is 0 Å². The first kappa shape index (κ1) is 7.64. The molecule has 0 spiro atoms. The lowest BCUT2D eigenvalue weighted by molar-refractivity contribution is -0.134. The van der Waals surface area contributed by atoms with Crippen LogP contribution < -0.4 is 0 Å². The van der Waals surface area contributed by atoms with Gasteiger partial charge in [-0.25, -0.2) is 0 Å². The summed E-state index contributed by atoms with van der Waals surface area (Å²) in [7, 11) is 0. The molecule has 11 heavy (non-hydrogen) atoms. The average molecular weight is 156 g/mol. The SMILES string of the molecule is CCC(OC=O)c1nn[nH]n1. The van der Waals surface area contributed by atoms with Crippen LogP contribution >= 0.6 is 0 Å².